The van der Waals surface area contributed by atoms with E-state index in [1.54, 1.807) is 48.5 Å². The molecule has 0 bridgehead atoms. The summed E-state index contributed by atoms with van der Waals surface area (Å²) < 4.78 is 22.3. The van der Waals surface area contributed by atoms with E-state index in [0.29, 0.717) is 60.2 Å². The van der Waals surface area contributed by atoms with Crippen LogP contribution in [-0.2, 0) is 11.2 Å². The molecule has 34 heavy (non-hydrogen) atoms. The molecule has 0 spiro atoms. The highest BCUT2D eigenvalue weighted by atomic mass is 16.5. The van der Waals surface area contributed by atoms with Crippen molar-refractivity contribution in [3.8, 4) is 28.7 Å². The fourth-order valence-corrected chi connectivity index (χ4v) is 3.33. The molecule has 0 saturated carbocycles. The fraction of sp³-hybridized carbons (Fsp3) is 0.259. The number of ether oxygens (including phenoxy) is 4. The van der Waals surface area contributed by atoms with Crippen LogP contribution in [0.2, 0.25) is 0 Å². The zero-order chi connectivity index (χ0) is 24.5. The van der Waals surface area contributed by atoms with Crippen LogP contribution in [0.1, 0.15) is 46.5 Å². The lowest BCUT2D eigenvalue weighted by molar-refractivity contribution is 0.0597. The second-order valence-corrected chi connectivity index (χ2v) is 7.50. The predicted molar refractivity (Wildman–Crippen MR) is 127 cm³/mol. The molecular formula is C27H28O7. The van der Waals surface area contributed by atoms with Crippen LogP contribution < -0.4 is 14.2 Å². The Hall–Kier alpha value is -4.00. The minimum atomic E-state index is -0.474. The molecule has 0 unspecified atom stereocenters. The SMILES string of the molecule is CCc1cc(C(C)=O)c(O)cc1OCCCOc1cccc(Oc2ccccc2C(=O)OC)c1. The van der Waals surface area contributed by atoms with E-state index in [-0.39, 0.29) is 11.5 Å². The monoisotopic (exact) mass is 464 g/mol. The molecule has 0 aliphatic heterocycles. The molecule has 0 atom stereocenters. The van der Waals surface area contributed by atoms with E-state index >= 15 is 0 Å². The zero-order valence-corrected chi connectivity index (χ0v) is 19.5. The summed E-state index contributed by atoms with van der Waals surface area (Å²) in [5.74, 6) is 1.35. The highest BCUT2D eigenvalue weighted by Gasteiger charge is 2.14. The summed E-state index contributed by atoms with van der Waals surface area (Å²) in [5.41, 5.74) is 1.49. The molecule has 0 saturated heterocycles. The standard InChI is InChI=1S/C27H28O7/c1-4-19-15-23(18(2)28)24(29)17-26(19)33-14-8-13-32-20-9-7-10-21(16-20)34-25-12-6-5-11-22(25)27(30)31-3/h5-7,9-12,15-17,29H,4,8,13-14H2,1-3H3. The van der Waals surface area contributed by atoms with Gasteiger partial charge < -0.3 is 24.1 Å². The highest BCUT2D eigenvalue weighted by molar-refractivity contribution is 5.97. The van der Waals surface area contributed by atoms with E-state index < -0.39 is 5.97 Å². The van der Waals surface area contributed by atoms with Gasteiger partial charge in [0.15, 0.2) is 5.78 Å². The number of esters is 1. The van der Waals surface area contributed by atoms with Crippen molar-refractivity contribution in [2.75, 3.05) is 20.3 Å². The molecule has 0 aromatic heterocycles. The van der Waals surface area contributed by atoms with Crippen molar-refractivity contribution >= 4 is 11.8 Å². The van der Waals surface area contributed by atoms with Crippen molar-refractivity contribution in [3.63, 3.8) is 0 Å². The first kappa shape index (κ1) is 24.6. The molecule has 0 aliphatic carbocycles. The van der Waals surface area contributed by atoms with Gasteiger partial charge in [-0.05, 0) is 49.2 Å². The predicted octanol–water partition coefficient (Wildman–Crippen LogP) is 5.58. The Balaban J connectivity index is 1.54. The van der Waals surface area contributed by atoms with Crippen LogP contribution >= 0.6 is 0 Å². The van der Waals surface area contributed by atoms with Crippen LogP contribution in [0.3, 0.4) is 0 Å². The summed E-state index contributed by atoms with van der Waals surface area (Å²) in [7, 11) is 1.32. The molecule has 0 amide bonds. The lowest BCUT2D eigenvalue weighted by Crippen LogP contribution is -2.07. The van der Waals surface area contributed by atoms with Crippen LogP contribution in [0.25, 0.3) is 0 Å². The molecule has 1 N–H and O–H groups in total. The number of para-hydroxylation sites is 1. The Kier molecular flexibility index (Phi) is 8.51. The van der Waals surface area contributed by atoms with Gasteiger partial charge in [0, 0.05) is 18.6 Å². The van der Waals surface area contributed by atoms with Gasteiger partial charge in [0.05, 0.1) is 25.9 Å². The summed E-state index contributed by atoms with van der Waals surface area (Å²) in [4.78, 5) is 23.6. The minimum Gasteiger partial charge on any atom is -0.507 e. The lowest BCUT2D eigenvalue weighted by Gasteiger charge is -2.14. The molecule has 0 fully saturated rings. The summed E-state index contributed by atoms with van der Waals surface area (Å²) in [6.45, 7) is 4.17. The van der Waals surface area contributed by atoms with E-state index in [0.717, 1.165) is 5.56 Å². The number of aryl methyl sites for hydroxylation is 1. The van der Waals surface area contributed by atoms with Gasteiger partial charge in [0.25, 0.3) is 0 Å². The summed E-state index contributed by atoms with van der Waals surface area (Å²) in [6.07, 6.45) is 1.28. The first-order valence-corrected chi connectivity index (χ1v) is 11.0. The first-order chi connectivity index (χ1) is 16.4. The van der Waals surface area contributed by atoms with Gasteiger partial charge in [0.1, 0.15) is 34.3 Å². The largest absolute Gasteiger partial charge is 0.507 e. The van der Waals surface area contributed by atoms with Gasteiger partial charge in [-0.25, -0.2) is 4.79 Å². The second-order valence-electron chi connectivity index (χ2n) is 7.50. The molecule has 0 aliphatic rings. The number of carbonyl (C=O) groups is 2. The number of carbonyl (C=O) groups excluding carboxylic acids is 2. The molecular weight excluding hydrogens is 436 g/mol. The third-order valence-corrected chi connectivity index (χ3v) is 5.08. The molecule has 7 nitrogen and oxygen atoms in total. The fourth-order valence-electron chi connectivity index (χ4n) is 3.33. The van der Waals surface area contributed by atoms with E-state index in [4.69, 9.17) is 18.9 Å². The Bertz CT molecular complexity index is 1150. The second kappa shape index (κ2) is 11.7. The van der Waals surface area contributed by atoms with Crippen LogP contribution in [0.5, 0.6) is 28.7 Å². The average molecular weight is 465 g/mol. The maximum Gasteiger partial charge on any atom is 0.341 e. The van der Waals surface area contributed by atoms with Gasteiger partial charge in [-0.1, -0.05) is 25.1 Å². The number of hydrogen-bond acceptors (Lipinski definition) is 7. The highest BCUT2D eigenvalue weighted by Crippen LogP contribution is 2.30. The molecule has 0 radical (unpaired) electrons. The van der Waals surface area contributed by atoms with Crippen LogP contribution in [-0.4, -0.2) is 37.2 Å². The maximum absolute atomic E-state index is 11.9. The Morgan fingerprint density at radius 1 is 0.853 bits per heavy atom. The van der Waals surface area contributed by atoms with Crippen LogP contribution in [0.4, 0.5) is 0 Å². The quantitative estimate of drug-likeness (QED) is 0.225. The van der Waals surface area contributed by atoms with Gasteiger partial charge in [0.2, 0.25) is 0 Å². The number of methoxy groups -OCH3 is 1. The number of ketones is 1. The Labute approximate surface area is 198 Å². The van der Waals surface area contributed by atoms with Crippen molar-refractivity contribution in [2.24, 2.45) is 0 Å². The number of benzene rings is 3. The van der Waals surface area contributed by atoms with E-state index in [2.05, 4.69) is 0 Å². The average Bonchev–Trinajstić information content (AvgIpc) is 2.84. The molecule has 3 aromatic rings. The lowest BCUT2D eigenvalue weighted by atomic mass is 10.0. The maximum atomic E-state index is 11.9. The van der Waals surface area contributed by atoms with E-state index in [1.807, 2.05) is 13.0 Å². The Morgan fingerprint density at radius 2 is 1.59 bits per heavy atom. The first-order valence-electron chi connectivity index (χ1n) is 11.0. The topological polar surface area (TPSA) is 91.3 Å². The number of rotatable bonds is 11. The number of phenolic OH excluding ortho intramolecular Hbond substituents is 1. The van der Waals surface area contributed by atoms with Gasteiger partial charge in [-0.2, -0.15) is 0 Å². The Morgan fingerprint density at radius 3 is 2.32 bits per heavy atom. The zero-order valence-electron chi connectivity index (χ0n) is 19.5. The molecule has 3 rings (SSSR count). The van der Waals surface area contributed by atoms with Crippen molar-refractivity contribution in [1.29, 1.82) is 0 Å². The normalized spacial score (nSPS) is 10.4. The van der Waals surface area contributed by atoms with Gasteiger partial charge >= 0.3 is 5.97 Å². The summed E-state index contributed by atoms with van der Waals surface area (Å²) in [5, 5.41) is 10.1. The number of phenols is 1. The van der Waals surface area contributed by atoms with Crippen LogP contribution in [0.15, 0.2) is 60.7 Å². The van der Waals surface area contributed by atoms with Crippen molar-refractivity contribution in [2.45, 2.75) is 26.7 Å². The van der Waals surface area contributed by atoms with Gasteiger partial charge in [-0.15, -0.1) is 0 Å². The molecule has 178 valence electrons. The van der Waals surface area contributed by atoms with Crippen LogP contribution in [0, 0.1) is 0 Å². The minimum absolute atomic E-state index is 0.0819. The summed E-state index contributed by atoms with van der Waals surface area (Å²) in [6, 6.07) is 17.1. The van der Waals surface area contributed by atoms with Gasteiger partial charge in [-0.3, -0.25) is 4.79 Å². The molecule has 7 heteroatoms. The summed E-state index contributed by atoms with van der Waals surface area (Å²) >= 11 is 0. The van der Waals surface area contributed by atoms with Crippen molar-refractivity contribution in [3.05, 3.63) is 77.4 Å². The third-order valence-electron chi connectivity index (χ3n) is 5.08. The van der Waals surface area contributed by atoms with Crippen molar-refractivity contribution < 1.29 is 33.6 Å². The smallest absolute Gasteiger partial charge is 0.341 e. The van der Waals surface area contributed by atoms with E-state index in [1.165, 1.54) is 20.1 Å². The van der Waals surface area contributed by atoms with E-state index in [9.17, 15) is 14.7 Å². The number of Topliss-reactive ketones (excluding diaryl/α,β-unsaturated/α-hetero) is 1. The van der Waals surface area contributed by atoms with Crippen molar-refractivity contribution in [1.82, 2.24) is 0 Å². The third kappa shape index (κ3) is 6.28. The molecule has 3 aromatic carbocycles. The number of hydrogen-bond donors (Lipinski definition) is 1. The molecule has 0 heterocycles. The number of aromatic hydroxyl groups is 1.